The first kappa shape index (κ1) is 17.2. The third kappa shape index (κ3) is 3.90. The normalized spacial score (nSPS) is 14.9. The van der Waals surface area contributed by atoms with Gasteiger partial charge >= 0.3 is 6.61 Å². The minimum atomic E-state index is -2.99. The van der Waals surface area contributed by atoms with E-state index in [0.29, 0.717) is 6.54 Å². The zero-order valence-corrected chi connectivity index (χ0v) is 13.8. The fraction of sp³-hybridized carbons (Fsp3) is 0.316. The second kappa shape index (κ2) is 7.09. The molecule has 0 unspecified atom stereocenters. The number of carbonyl (C=O) groups excluding carboxylic acids is 1. The fourth-order valence-electron chi connectivity index (χ4n) is 2.87. The predicted octanol–water partition coefficient (Wildman–Crippen LogP) is 3.76. The lowest BCUT2D eigenvalue weighted by Gasteiger charge is -2.17. The Morgan fingerprint density at radius 1 is 1.16 bits per heavy atom. The van der Waals surface area contributed by atoms with Crippen molar-refractivity contribution in [2.75, 3.05) is 13.7 Å². The van der Waals surface area contributed by atoms with Gasteiger partial charge in [0, 0.05) is 17.5 Å². The zero-order chi connectivity index (χ0) is 17.9. The molecule has 0 aliphatic heterocycles. The summed E-state index contributed by atoms with van der Waals surface area (Å²) in [6, 6.07) is 14.3. The summed E-state index contributed by atoms with van der Waals surface area (Å²) in [5.41, 5.74) is 1.43. The monoisotopic (exact) mass is 347 g/mol. The van der Waals surface area contributed by atoms with Crippen LogP contribution in [0.4, 0.5) is 8.78 Å². The van der Waals surface area contributed by atoms with E-state index in [-0.39, 0.29) is 28.4 Å². The van der Waals surface area contributed by atoms with E-state index in [1.165, 1.54) is 30.9 Å². The quantitative estimate of drug-likeness (QED) is 0.830. The van der Waals surface area contributed by atoms with Crippen LogP contribution in [0.1, 0.15) is 28.8 Å². The highest BCUT2D eigenvalue weighted by Gasteiger charge is 2.44. The third-order valence-electron chi connectivity index (χ3n) is 4.47. The molecule has 0 atom stereocenters. The Balaban J connectivity index is 1.69. The first-order valence-electron chi connectivity index (χ1n) is 8.01. The van der Waals surface area contributed by atoms with E-state index in [4.69, 9.17) is 4.74 Å². The molecule has 1 fully saturated rings. The Kier molecular flexibility index (Phi) is 4.88. The molecule has 3 rings (SSSR count). The molecule has 1 amide bonds. The Hall–Kier alpha value is -2.63. The molecule has 25 heavy (non-hydrogen) atoms. The van der Waals surface area contributed by atoms with Crippen LogP contribution in [-0.2, 0) is 5.41 Å². The Bertz CT molecular complexity index is 746. The number of halogens is 2. The number of rotatable bonds is 7. The minimum absolute atomic E-state index is 0.0221. The van der Waals surface area contributed by atoms with Crippen LogP contribution in [0.25, 0.3) is 0 Å². The maximum absolute atomic E-state index is 12.5. The van der Waals surface area contributed by atoms with Crippen LogP contribution in [0.2, 0.25) is 0 Å². The number of hydrogen-bond donors (Lipinski definition) is 1. The number of carbonyl (C=O) groups is 1. The van der Waals surface area contributed by atoms with Crippen molar-refractivity contribution in [3.8, 4) is 11.5 Å². The standard InChI is InChI=1S/C19H19F2NO3/c1-24-15-8-7-13(11-16(15)25-18(20)21)17(23)22-12-19(9-10-19)14-5-3-2-4-6-14/h2-8,11,18H,9-10,12H2,1H3,(H,22,23). The van der Waals surface area contributed by atoms with Crippen LogP contribution >= 0.6 is 0 Å². The van der Waals surface area contributed by atoms with Crippen LogP contribution in [-0.4, -0.2) is 26.2 Å². The number of methoxy groups -OCH3 is 1. The molecule has 0 radical (unpaired) electrons. The van der Waals surface area contributed by atoms with Crippen LogP contribution < -0.4 is 14.8 Å². The molecule has 2 aromatic carbocycles. The molecule has 6 heteroatoms. The molecule has 2 aromatic rings. The van der Waals surface area contributed by atoms with Gasteiger partial charge in [0.25, 0.3) is 5.91 Å². The molecule has 1 N–H and O–H groups in total. The first-order valence-corrected chi connectivity index (χ1v) is 8.01. The fourth-order valence-corrected chi connectivity index (χ4v) is 2.87. The summed E-state index contributed by atoms with van der Waals surface area (Å²) in [7, 11) is 1.35. The van der Waals surface area contributed by atoms with Crippen LogP contribution in [0, 0.1) is 0 Å². The van der Waals surface area contributed by atoms with E-state index >= 15 is 0 Å². The molecule has 1 saturated carbocycles. The van der Waals surface area contributed by atoms with E-state index in [9.17, 15) is 13.6 Å². The first-order chi connectivity index (χ1) is 12.0. The molecule has 1 aliphatic rings. The molecular formula is C19H19F2NO3. The van der Waals surface area contributed by atoms with Gasteiger partial charge in [-0.05, 0) is 36.6 Å². The lowest BCUT2D eigenvalue weighted by molar-refractivity contribution is -0.0512. The van der Waals surface area contributed by atoms with Gasteiger partial charge in [-0.1, -0.05) is 30.3 Å². The summed E-state index contributed by atoms with van der Waals surface area (Å²) in [6.45, 7) is -2.48. The summed E-state index contributed by atoms with van der Waals surface area (Å²) < 4.78 is 34.4. The van der Waals surface area contributed by atoms with Gasteiger partial charge in [-0.2, -0.15) is 8.78 Å². The number of nitrogens with one attached hydrogen (secondary N) is 1. The number of amides is 1. The average molecular weight is 347 g/mol. The van der Waals surface area contributed by atoms with Gasteiger partial charge in [0.05, 0.1) is 7.11 Å². The van der Waals surface area contributed by atoms with Crippen molar-refractivity contribution in [3.05, 3.63) is 59.7 Å². The van der Waals surface area contributed by atoms with Crippen molar-refractivity contribution in [2.45, 2.75) is 24.9 Å². The molecule has 0 bridgehead atoms. The Morgan fingerprint density at radius 3 is 2.48 bits per heavy atom. The maximum Gasteiger partial charge on any atom is 0.387 e. The molecule has 0 aromatic heterocycles. The van der Waals surface area contributed by atoms with Crippen LogP contribution in [0.15, 0.2) is 48.5 Å². The minimum Gasteiger partial charge on any atom is -0.493 e. The van der Waals surface area contributed by atoms with Crippen molar-refractivity contribution >= 4 is 5.91 Å². The maximum atomic E-state index is 12.5. The lowest BCUT2D eigenvalue weighted by atomic mass is 9.96. The molecule has 4 nitrogen and oxygen atoms in total. The number of benzene rings is 2. The van der Waals surface area contributed by atoms with E-state index in [2.05, 4.69) is 22.2 Å². The van der Waals surface area contributed by atoms with Crippen molar-refractivity contribution < 1.29 is 23.0 Å². The van der Waals surface area contributed by atoms with Crippen molar-refractivity contribution in [3.63, 3.8) is 0 Å². The largest absolute Gasteiger partial charge is 0.493 e. The number of alkyl halides is 2. The molecular weight excluding hydrogens is 328 g/mol. The van der Waals surface area contributed by atoms with Crippen molar-refractivity contribution in [1.29, 1.82) is 0 Å². The van der Waals surface area contributed by atoms with Crippen LogP contribution in [0.5, 0.6) is 11.5 Å². The smallest absolute Gasteiger partial charge is 0.387 e. The van der Waals surface area contributed by atoms with Gasteiger partial charge < -0.3 is 14.8 Å². The van der Waals surface area contributed by atoms with Gasteiger partial charge in [-0.15, -0.1) is 0 Å². The van der Waals surface area contributed by atoms with Gasteiger partial charge in [0.1, 0.15) is 0 Å². The Labute approximate surface area is 144 Å². The second-order valence-corrected chi connectivity index (χ2v) is 6.07. The van der Waals surface area contributed by atoms with E-state index in [1.54, 1.807) is 0 Å². The molecule has 0 saturated heterocycles. The van der Waals surface area contributed by atoms with Crippen molar-refractivity contribution in [1.82, 2.24) is 5.32 Å². The lowest BCUT2D eigenvalue weighted by Crippen LogP contribution is -2.32. The Morgan fingerprint density at radius 2 is 1.88 bits per heavy atom. The predicted molar refractivity (Wildman–Crippen MR) is 89.3 cm³/mol. The topological polar surface area (TPSA) is 47.6 Å². The summed E-state index contributed by atoms with van der Waals surface area (Å²) in [5, 5.41) is 2.90. The van der Waals surface area contributed by atoms with Gasteiger partial charge in [-0.3, -0.25) is 4.79 Å². The highest BCUT2D eigenvalue weighted by Crippen LogP contribution is 2.47. The number of hydrogen-bond acceptors (Lipinski definition) is 3. The zero-order valence-electron chi connectivity index (χ0n) is 13.8. The summed E-state index contributed by atoms with van der Waals surface area (Å²) in [5.74, 6) is -0.335. The van der Waals surface area contributed by atoms with Gasteiger partial charge in [0.15, 0.2) is 11.5 Å². The molecule has 0 heterocycles. The highest BCUT2D eigenvalue weighted by molar-refractivity contribution is 5.95. The van der Waals surface area contributed by atoms with E-state index in [1.807, 2.05) is 18.2 Å². The van der Waals surface area contributed by atoms with Crippen molar-refractivity contribution in [2.24, 2.45) is 0 Å². The van der Waals surface area contributed by atoms with Crippen LogP contribution in [0.3, 0.4) is 0 Å². The van der Waals surface area contributed by atoms with Gasteiger partial charge in [-0.25, -0.2) is 0 Å². The molecule has 0 spiro atoms. The second-order valence-electron chi connectivity index (χ2n) is 6.07. The SMILES string of the molecule is COc1ccc(C(=O)NCC2(c3ccccc3)CC2)cc1OC(F)F. The summed E-state index contributed by atoms with van der Waals surface area (Å²) in [4.78, 5) is 12.4. The molecule has 132 valence electrons. The number of ether oxygens (including phenoxy) is 2. The summed E-state index contributed by atoms with van der Waals surface area (Å²) in [6.07, 6.45) is 2.03. The average Bonchev–Trinajstić information content (AvgIpc) is 3.41. The summed E-state index contributed by atoms with van der Waals surface area (Å²) >= 11 is 0. The third-order valence-corrected chi connectivity index (χ3v) is 4.47. The highest BCUT2D eigenvalue weighted by atomic mass is 19.3. The molecule has 1 aliphatic carbocycles. The van der Waals surface area contributed by atoms with E-state index in [0.717, 1.165) is 12.8 Å². The van der Waals surface area contributed by atoms with Gasteiger partial charge in [0.2, 0.25) is 0 Å². The van der Waals surface area contributed by atoms with E-state index < -0.39 is 6.61 Å².